The number of pyridine rings is 1. The Hall–Kier alpha value is -1.09. The molecule has 72 valence electrons. The van der Waals surface area contributed by atoms with Gasteiger partial charge in [-0.2, -0.15) is 0 Å². The third kappa shape index (κ3) is 2.42. The van der Waals surface area contributed by atoms with E-state index in [0.717, 1.165) is 0 Å². The largest absolute Gasteiger partial charge is 0.349 e. The smallest absolute Gasteiger partial charge is 0.181 e. The predicted octanol–water partition coefficient (Wildman–Crippen LogP) is 1.00. The molecule has 13 heavy (non-hydrogen) atoms. The van der Waals surface area contributed by atoms with E-state index in [0.29, 0.717) is 12.5 Å². The first kappa shape index (κ1) is 9.99. The van der Waals surface area contributed by atoms with Gasteiger partial charge in [0, 0.05) is 37.1 Å². The Morgan fingerprint density at radius 2 is 1.92 bits per heavy atom. The maximum Gasteiger partial charge on any atom is 0.181 e. The Balaban J connectivity index is 2.92. The molecule has 0 amide bonds. The van der Waals surface area contributed by atoms with Gasteiger partial charge < -0.3 is 10.3 Å². The second-order valence-electron chi connectivity index (χ2n) is 3.53. The lowest BCUT2D eigenvalue weighted by Gasteiger charge is -2.22. The lowest BCUT2D eigenvalue weighted by atomic mass is 10.0. The molecule has 1 atom stereocenters. The highest BCUT2D eigenvalue weighted by atomic mass is 16.1. The minimum absolute atomic E-state index is 0.0378. The summed E-state index contributed by atoms with van der Waals surface area (Å²) in [4.78, 5) is 10.9. The van der Waals surface area contributed by atoms with Crippen LogP contribution in [0.1, 0.15) is 19.9 Å². The van der Waals surface area contributed by atoms with Crippen LogP contribution in [0, 0.1) is 5.92 Å². The maximum absolute atomic E-state index is 10.9. The fourth-order valence-electron chi connectivity index (χ4n) is 1.38. The van der Waals surface area contributed by atoms with Gasteiger partial charge in [0.05, 0.1) is 0 Å². The van der Waals surface area contributed by atoms with Crippen LogP contribution in [0.5, 0.6) is 0 Å². The Kier molecular flexibility index (Phi) is 3.25. The Morgan fingerprint density at radius 1 is 1.38 bits per heavy atom. The molecule has 1 unspecified atom stereocenters. The summed E-state index contributed by atoms with van der Waals surface area (Å²) in [5.74, 6) is 0.479. The highest BCUT2D eigenvalue weighted by molar-refractivity contribution is 4.96. The topological polar surface area (TPSA) is 48.0 Å². The van der Waals surface area contributed by atoms with E-state index >= 15 is 0 Å². The van der Waals surface area contributed by atoms with E-state index in [4.69, 9.17) is 5.73 Å². The first-order valence-corrected chi connectivity index (χ1v) is 4.53. The van der Waals surface area contributed by atoms with Crippen LogP contribution in [0.2, 0.25) is 0 Å². The van der Waals surface area contributed by atoms with Gasteiger partial charge in [-0.15, -0.1) is 0 Å². The van der Waals surface area contributed by atoms with E-state index in [1.165, 1.54) is 0 Å². The van der Waals surface area contributed by atoms with Crippen LogP contribution in [0.4, 0.5) is 0 Å². The van der Waals surface area contributed by atoms with Crippen LogP contribution < -0.4 is 11.2 Å². The molecule has 0 bridgehead atoms. The second kappa shape index (κ2) is 4.23. The number of rotatable bonds is 3. The van der Waals surface area contributed by atoms with Gasteiger partial charge in [0.25, 0.3) is 0 Å². The number of hydrogen-bond donors (Lipinski definition) is 1. The zero-order chi connectivity index (χ0) is 9.84. The minimum Gasteiger partial charge on any atom is -0.349 e. The van der Waals surface area contributed by atoms with Crippen LogP contribution in [-0.2, 0) is 0 Å². The lowest BCUT2D eigenvalue weighted by molar-refractivity contribution is 0.383. The van der Waals surface area contributed by atoms with Crippen molar-refractivity contribution in [2.45, 2.75) is 19.9 Å². The van der Waals surface area contributed by atoms with Crippen LogP contribution in [0.25, 0.3) is 0 Å². The van der Waals surface area contributed by atoms with Gasteiger partial charge in [-0.25, -0.2) is 0 Å². The summed E-state index contributed by atoms with van der Waals surface area (Å²) in [7, 11) is 0. The SMILES string of the molecule is CC(C)C(CN)n1ccc(=O)cc1. The van der Waals surface area contributed by atoms with Gasteiger partial charge in [-0.3, -0.25) is 4.79 Å². The van der Waals surface area contributed by atoms with Gasteiger partial charge in [0.15, 0.2) is 5.43 Å². The van der Waals surface area contributed by atoms with Gasteiger partial charge in [-0.05, 0) is 5.92 Å². The molecule has 3 heteroatoms. The molecule has 0 aromatic carbocycles. The second-order valence-corrected chi connectivity index (χ2v) is 3.53. The molecule has 0 aliphatic heterocycles. The molecular formula is C10H16N2O. The molecule has 3 nitrogen and oxygen atoms in total. The summed E-state index contributed by atoms with van der Waals surface area (Å²) in [5, 5.41) is 0. The van der Waals surface area contributed by atoms with E-state index in [1.54, 1.807) is 24.5 Å². The molecule has 2 N–H and O–H groups in total. The molecule has 1 aromatic heterocycles. The zero-order valence-electron chi connectivity index (χ0n) is 8.10. The first-order valence-electron chi connectivity index (χ1n) is 4.53. The van der Waals surface area contributed by atoms with Crippen LogP contribution >= 0.6 is 0 Å². The molecule has 1 rings (SSSR count). The summed E-state index contributed by atoms with van der Waals surface area (Å²) in [6.07, 6.45) is 3.58. The van der Waals surface area contributed by atoms with Gasteiger partial charge in [-0.1, -0.05) is 13.8 Å². The van der Waals surface area contributed by atoms with Crippen molar-refractivity contribution >= 4 is 0 Å². The van der Waals surface area contributed by atoms with E-state index in [9.17, 15) is 4.79 Å². The monoisotopic (exact) mass is 180 g/mol. The summed E-state index contributed by atoms with van der Waals surface area (Å²) in [5.41, 5.74) is 5.68. The van der Waals surface area contributed by atoms with Crippen molar-refractivity contribution < 1.29 is 0 Å². The highest BCUT2D eigenvalue weighted by Gasteiger charge is 2.11. The van der Waals surface area contributed by atoms with Crippen molar-refractivity contribution in [3.8, 4) is 0 Å². The number of nitrogens with zero attached hydrogens (tertiary/aromatic N) is 1. The normalized spacial score (nSPS) is 13.2. The van der Waals surface area contributed by atoms with Crippen molar-refractivity contribution in [3.63, 3.8) is 0 Å². The van der Waals surface area contributed by atoms with Crippen LogP contribution in [0.15, 0.2) is 29.3 Å². The van der Waals surface area contributed by atoms with Gasteiger partial charge >= 0.3 is 0 Å². The summed E-state index contributed by atoms with van der Waals surface area (Å²) < 4.78 is 1.99. The van der Waals surface area contributed by atoms with Crippen molar-refractivity contribution in [1.82, 2.24) is 4.57 Å². The fraction of sp³-hybridized carbons (Fsp3) is 0.500. The summed E-state index contributed by atoms with van der Waals surface area (Å²) >= 11 is 0. The first-order chi connectivity index (χ1) is 6.15. The third-order valence-electron chi connectivity index (χ3n) is 2.22. The molecule has 0 saturated carbocycles. The number of aromatic nitrogens is 1. The average Bonchev–Trinajstić information content (AvgIpc) is 2.09. The van der Waals surface area contributed by atoms with Gasteiger partial charge in [0.1, 0.15) is 0 Å². The van der Waals surface area contributed by atoms with Crippen LogP contribution in [0.3, 0.4) is 0 Å². The molecule has 0 aliphatic carbocycles. The standard InChI is InChI=1S/C10H16N2O/c1-8(2)10(7-11)12-5-3-9(13)4-6-12/h3-6,8,10H,7,11H2,1-2H3. The summed E-state index contributed by atoms with van der Waals surface area (Å²) in [6, 6.07) is 3.40. The quantitative estimate of drug-likeness (QED) is 0.754. The number of nitrogens with two attached hydrogens (primary N) is 1. The molecular weight excluding hydrogens is 164 g/mol. The average molecular weight is 180 g/mol. The van der Waals surface area contributed by atoms with Crippen molar-refractivity contribution in [2.75, 3.05) is 6.54 Å². The van der Waals surface area contributed by atoms with Crippen molar-refractivity contribution in [3.05, 3.63) is 34.7 Å². The molecule has 0 fully saturated rings. The predicted molar refractivity (Wildman–Crippen MR) is 53.6 cm³/mol. The molecule has 0 saturated heterocycles. The van der Waals surface area contributed by atoms with Crippen molar-refractivity contribution in [1.29, 1.82) is 0 Å². The minimum atomic E-state index is 0.0378. The van der Waals surface area contributed by atoms with Crippen LogP contribution in [-0.4, -0.2) is 11.1 Å². The lowest BCUT2D eigenvalue weighted by Crippen LogP contribution is -2.24. The molecule has 1 heterocycles. The van der Waals surface area contributed by atoms with E-state index in [-0.39, 0.29) is 11.5 Å². The van der Waals surface area contributed by atoms with Gasteiger partial charge in [0.2, 0.25) is 0 Å². The Labute approximate surface area is 78.2 Å². The third-order valence-corrected chi connectivity index (χ3v) is 2.22. The molecule has 0 radical (unpaired) electrons. The van der Waals surface area contributed by atoms with E-state index in [2.05, 4.69) is 13.8 Å². The summed E-state index contributed by atoms with van der Waals surface area (Å²) in [6.45, 7) is 4.84. The maximum atomic E-state index is 10.9. The molecule has 0 spiro atoms. The van der Waals surface area contributed by atoms with E-state index in [1.807, 2.05) is 4.57 Å². The Bertz CT molecular complexity index is 296. The Morgan fingerprint density at radius 3 is 2.31 bits per heavy atom. The fourth-order valence-corrected chi connectivity index (χ4v) is 1.38. The number of hydrogen-bond acceptors (Lipinski definition) is 2. The zero-order valence-corrected chi connectivity index (χ0v) is 8.10. The van der Waals surface area contributed by atoms with Crippen molar-refractivity contribution in [2.24, 2.45) is 11.7 Å². The molecule has 1 aromatic rings. The van der Waals surface area contributed by atoms with E-state index < -0.39 is 0 Å². The molecule has 0 aliphatic rings. The highest BCUT2D eigenvalue weighted by Crippen LogP contribution is 2.14.